The average Bonchev–Trinajstić information content (AvgIpc) is 2.19. The number of hydrogen-bond donors (Lipinski definition) is 2. The quantitative estimate of drug-likeness (QED) is 0.544. The van der Waals surface area contributed by atoms with Crippen molar-refractivity contribution in [2.45, 2.75) is 18.9 Å². The molecule has 1 aliphatic carbocycles. The molecule has 1 aliphatic heterocycles. The SMILES string of the molecule is CNC1[C@@H]2CC[C@H]1CNC2. The highest BCUT2D eigenvalue weighted by atomic mass is 15.0. The lowest BCUT2D eigenvalue weighted by molar-refractivity contribution is 0.286. The summed E-state index contributed by atoms with van der Waals surface area (Å²) in [4.78, 5) is 0. The molecule has 0 aromatic heterocycles. The Morgan fingerprint density at radius 1 is 1.20 bits per heavy atom. The first-order valence-corrected chi connectivity index (χ1v) is 4.30. The molecule has 1 saturated heterocycles. The maximum Gasteiger partial charge on any atom is 0.0145 e. The van der Waals surface area contributed by atoms with Gasteiger partial charge in [-0.25, -0.2) is 0 Å². The van der Waals surface area contributed by atoms with Crippen LogP contribution in [0.2, 0.25) is 0 Å². The fraction of sp³-hybridized carbons (Fsp3) is 1.00. The van der Waals surface area contributed by atoms with Gasteiger partial charge >= 0.3 is 0 Å². The summed E-state index contributed by atoms with van der Waals surface area (Å²) in [5.41, 5.74) is 0. The van der Waals surface area contributed by atoms with Crippen molar-refractivity contribution in [3.8, 4) is 0 Å². The van der Waals surface area contributed by atoms with E-state index in [1.54, 1.807) is 0 Å². The largest absolute Gasteiger partial charge is 0.316 e. The van der Waals surface area contributed by atoms with Crippen LogP contribution in [0.3, 0.4) is 0 Å². The zero-order valence-electron chi connectivity index (χ0n) is 6.56. The Morgan fingerprint density at radius 2 is 1.80 bits per heavy atom. The van der Waals surface area contributed by atoms with Crippen molar-refractivity contribution in [1.82, 2.24) is 10.6 Å². The maximum absolute atomic E-state index is 3.47. The van der Waals surface area contributed by atoms with Gasteiger partial charge in [0.25, 0.3) is 0 Å². The molecule has 3 atom stereocenters. The van der Waals surface area contributed by atoms with Gasteiger partial charge in [0.2, 0.25) is 0 Å². The van der Waals surface area contributed by atoms with Crippen molar-refractivity contribution in [3.63, 3.8) is 0 Å². The summed E-state index contributed by atoms with van der Waals surface area (Å²) in [5, 5.41) is 6.90. The second-order valence-electron chi connectivity index (χ2n) is 3.57. The number of rotatable bonds is 1. The second kappa shape index (κ2) is 2.51. The smallest absolute Gasteiger partial charge is 0.0145 e. The molecule has 58 valence electrons. The van der Waals surface area contributed by atoms with Crippen LogP contribution in [-0.2, 0) is 0 Å². The summed E-state index contributed by atoms with van der Waals surface area (Å²) in [6, 6.07) is 0.821. The number of hydrogen-bond acceptors (Lipinski definition) is 2. The van der Waals surface area contributed by atoms with Crippen LogP contribution in [0.25, 0.3) is 0 Å². The number of piperidine rings is 1. The summed E-state index contributed by atoms with van der Waals surface area (Å²) < 4.78 is 0. The first kappa shape index (κ1) is 6.62. The third kappa shape index (κ3) is 0.867. The number of fused-ring (bicyclic) bond motifs is 2. The lowest BCUT2D eigenvalue weighted by Gasteiger charge is -2.30. The molecule has 1 heterocycles. The van der Waals surface area contributed by atoms with Crippen LogP contribution in [0.4, 0.5) is 0 Å². The van der Waals surface area contributed by atoms with Crippen LogP contribution < -0.4 is 10.6 Å². The summed E-state index contributed by atoms with van der Waals surface area (Å²) in [5.74, 6) is 1.84. The minimum absolute atomic E-state index is 0.821. The van der Waals surface area contributed by atoms with Crippen molar-refractivity contribution in [2.24, 2.45) is 11.8 Å². The molecule has 2 fully saturated rings. The minimum Gasteiger partial charge on any atom is -0.316 e. The van der Waals surface area contributed by atoms with E-state index in [-0.39, 0.29) is 0 Å². The van der Waals surface area contributed by atoms with E-state index in [0.29, 0.717) is 0 Å². The molecule has 2 rings (SSSR count). The van der Waals surface area contributed by atoms with Gasteiger partial charge in [-0.15, -0.1) is 0 Å². The predicted octanol–water partition coefficient (Wildman–Crippen LogP) is 0.204. The molecule has 0 aromatic rings. The predicted molar refractivity (Wildman–Crippen MR) is 41.9 cm³/mol. The van der Waals surface area contributed by atoms with Gasteiger partial charge in [0, 0.05) is 6.04 Å². The molecule has 10 heavy (non-hydrogen) atoms. The molecule has 2 N–H and O–H groups in total. The maximum atomic E-state index is 3.47. The topological polar surface area (TPSA) is 24.1 Å². The molecule has 0 radical (unpaired) electrons. The highest BCUT2D eigenvalue weighted by Crippen LogP contribution is 2.32. The summed E-state index contributed by atoms with van der Waals surface area (Å²) in [7, 11) is 2.10. The Balaban J connectivity index is 2.06. The summed E-state index contributed by atoms with van der Waals surface area (Å²) in [6.45, 7) is 2.48. The van der Waals surface area contributed by atoms with E-state index < -0.39 is 0 Å². The monoisotopic (exact) mass is 140 g/mol. The second-order valence-corrected chi connectivity index (χ2v) is 3.57. The lowest BCUT2D eigenvalue weighted by Crippen LogP contribution is -2.47. The van der Waals surface area contributed by atoms with Gasteiger partial charge in [0.05, 0.1) is 0 Å². The third-order valence-corrected chi connectivity index (χ3v) is 3.07. The van der Waals surface area contributed by atoms with Crippen LogP contribution in [0.5, 0.6) is 0 Å². The van der Waals surface area contributed by atoms with Crippen molar-refractivity contribution in [3.05, 3.63) is 0 Å². The third-order valence-electron chi connectivity index (χ3n) is 3.07. The Labute approximate surface area is 62.4 Å². The Kier molecular flexibility index (Phi) is 1.66. The first-order valence-electron chi connectivity index (χ1n) is 4.30. The van der Waals surface area contributed by atoms with Crippen molar-refractivity contribution in [1.29, 1.82) is 0 Å². The molecular weight excluding hydrogens is 124 g/mol. The average molecular weight is 140 g/mol. The van der Waals surface area contributed by atoms with Gasteiger partial charge in [0.15, 0.2) is 0 Å². The van der Waals surface area contributed by atoms with E-state index in [0.717, 1.165) is 17.9 Å². The van der Waals surface area contributed by atoms with Crippen LogP contribution in [-0.4, -0.2) is 26.2 Å². The fourth-order valence-corrected chi connectivity index (χ4v) is 2.56. The lowest BCUT2D eigenvalue weighted by atomic mass is 9.94. The van der Waals surface area contributed by atoms with Crippen LogP contribution in [0.1, 0.15) is 12.8 Å². The highest BCUT2D eigenvalue weighted by molar-refractivity contribution is 4.94. The van der Waals surface area contributed by atoms with E-state index in [2.05, 4.69) is 17.7 Å². The minimum atomic E-state index is 0.821. The van der Waals surface area contributed by atoms with Gasteiger partial charge in [-0.1, -0.05) is 0 Å². The standard InChI is InChI=1S/C8H16N2/c1-9-8-6-2-3-7(8)5-10-4-6/h6-10H,2-5H2,1H3/t6-,7+,8?. The fourth-order valence-electron chi connectivity index (χ4n) is 2.56. The first-order chi connectivity index (χ1) is 4.92. The van der Waals surface area contributed by atoms with E-state index in [9.17, 15) is 0 Å². The Morgan fingerprint density at radius 3 is 2.20 bits per heavy atom. The molecule has 1 saturated carbocycles. The van der Waals surface area contributed by atoms with Crippen molar-refractivity contribution >= 4 is 0 Å². The number of nitrogens with one attached hydrogen (secondary N) is 2. The molecule has 2 bridgehead atoms. The van der Waals surface area contributed by atoms with Crippen molar-refractivity contribution < 1.29 is 0 Å². The highest BCUT2D eigenvalue weighted by Gasteiger charge is 2.37. The van der Waals surface area contributed by atoms with Crippen LogP contribution in [0.15, 0.2) is 0 Å². The Hall–Kier alpha value is -0.0800. The van der Waals surface area contributed by atoms with E-state index >= 15 is 0 Å². The zero-order valence-corrected chi connectivity index (χ0v) is 6.56. The van der Waals surface area contributed by atoms with E-state index in [1.165, 1.54) is 25.9 Å². The summed E-state index contributed by atoms with van der Waals surface area (Å²) in [6.07, 6.45) is 2.87. The van der Waals surface area contributed by atoms with E-state index in [1.807, 2.05) is 0 Å². The zero-order chi connectivity index (χ0) is 6.97. The molecule has 0 amide bonds. The van der Waals surface area contributed by atoms with Crippen LogP contribution >= 0.6 is 0 Å². The van der Waals surface area contributed by atoms with Gasteiger partial charge in [-0.2, -0.15) is 0 Å². The molecule has 2 nitrogen and oxygen atoms in total. The normalized spacial score (nSPS) is 45.9. The van der Waals surface area contributed by atoms with Crippen molar-refractivity contribution in [2.75, 3.05) is 20.1 Å². The molecule has 0 spiro atoms. The molecule has 2 heteroatoms. The molecule has 0 aromatic carbocycles. The van der Waals surface area contributed by atoms with Gasteiger partial charge in [0.1, 0.15) is 0 Å². The molecular formula is C8H16N2. The van der Waals surface area contributed by atoms with Gasteiger partial charge < -0.3 is 10.6 Å². The van der Waals surface area contributed by atoms with Crippen LogP contribution in [0, 0.1) is 11.8 Å². The molecule has 1 unspecified atom stereocenters. The Bertz CT molecular complexity index is 108. The van der Waals surface area contributed by atoms with E-state index in [4.69, 9.17) is 0 Å². The van der Waals surface area contributed by atoms with Gasteiger partial charge in [-0.3, -0.25) is 0 Å². The summed E-state index contributed by atoms with van der Waals surface area (Å²) >= 11 is 0. The van der Waals surface area contributed by atoms with Gasteiger partial charge in [-0.05, 0) is 44.8 Å². The molecule has 2 aliphatic rings.